The summed E-state index contributed by atoms with van der Waals surface area (Å²) in [6.07, 6.45) is 2.20. The molecule has 1 fully saturated rings. The van der Waals surface area contributed by atoms with Crippen molar-refractivity contribution in [2.75, 3.05) is 25.2 Å². The largest absolute Gasteiger partial charge is 0.381 e. The fourth-order valence-electron chi connectivity index (χ4n) is 2.31. The average molecular weight is 263 g/mol. The molecule has 0 saturated carbocycles. The highest BCUT2D eigenvalue weighted by Crippen LogP contribution is 2.15. The lowest BCUT2D eigenvalue weighted by Gasteiger charge is -2.22. The summed E-state index contributed by atoms with van der Waals surface area (Å²) < 4.78 is 5.40. The second-order valence-electron chi connectivity index (χ2n) is 4.97. The first-order valence-electron chi connectivity index (χ1n) is 6.64. The Morgan fingerprint density at radius 2 is 2.37 bits per heavy atom. The standard InChI is InChI=1S/C14H21N3O2/c1-10-7-12(17-15)4-5-13(10)14(18)16-8-11-3-2-6-19-9-11/h4-5,7,11,17H,2-3,6,8-9,15H2,1H3,(H,16,18). The van der Waals surface area contributed by atoms with Gasteiger partial charge in [-0.25, -0.2) is 0 Å². The van der Waals surface area contributed by atoms with E-state index in [9.17, 15) is 4.79 Å². The van der Waals surface area contributed by atoms with Crippen LogP contribution in [0.3, 0.4) is 0 Å². The molecule has 1 unspecified atom stereocenters. The smallest absolute Gasteiger partial charge is 0.251 e. The molecule has 1 aromatic carbocycles. The molecule has 0 spiro atoms. The van der Waals surface area contributed by atoms with E-state index in [1.54, 1.807) is 12.1 Å². The van der Waals surface area contributed by atoms with Crippen LogP contribution in [0.5, 0.6) is 0 Å². The predicted molar refractivity (Wildman–Crippen MR) is 74.9 cm³/mol. The molecule has 1 aromatic rings. The van der Waals surface area contributed by atoms with Crippen molar-refractivity contribution in [3.05, 3.63) is 29.3 Å². The monoisotopic (exact) mass is 263 g/mol. The predicted octanol–water partition coefficient (Wildman–Crippen LogP) is 1.44. The molecule has 1 amide bonds. The topological polar surface area (TPSA) is 76.4 Å². The van der Waals surface area contributed by atoms with E-state index in [2.05, 4.69) is 10.7 Å². The highest BCUT2D eigenvalue weighted by Gasteiger charge is 2.16. The third-order valence-corrected chi connectivity index (χ3v) is 3.44. The quantitative estimate of drug-likeness (QED) is 0.567. The Labute approximate surface area is 113 Å². The van der Waals surface area contributed by atoms with Crippen LogP contribution in [0.4, 0.5) is 5.69 Å². The number of amides is 1. The highest BCUT2D eigenvalue weighted by molar-refractivity contribution is 5.96. The van der Waals surface area contributed by atoms with Crippen molar-refractivity contribution in [1.29, 1.82) is 0 Å². The van der Waals surface area contributed by atoms with Crippen LogP contribution >= 0.6 is 0 Å². The number of carbonyl (C=O) groups excluding carboxylic acids is 1. The zero-order valence-electron chi connectivity index (χ0n) is 11.2. The molecule has 1 heterocycles. The summed E-state index contributed by atoms with van der Waals surface area (Å²) in [7, 11) is 0. The molecule has 5 heteroatoms. The average Bonchev–Trinajstić information content (AvgIpc) is 2.45. The summed E-state index contributed by atoms with van der Waals surface area (Å²) in [5, 5.41) is 2.98. The molecule has 2 rings (SSSR count). The van der Waals surface area contributed by atoms with Crippen LogP contribution in [0.2, 0.25) is 0 Å². The Morgan fingerprint density at radius 3 is 3.00 bits per heavy atom. The Bertz CT molecular complexity index is 442. The normalized spacial score (nSPS) is 18.9. The van der Waals surface area contributed by atoms with Gasteiger partial charge in [-0.15, -0.1) is 0 Å². The first kappa shape index (κ1) is 13.8. The molecule has 1 saturated heterocycles. The number of hydrogen-bond acceptors (Lipinski definition) is 4. The SMILES string of the molecule is Cc1cc(NN)ccc1C(=O)NCC1CCCOC1. The molecule has 19 heavy (non-hydrogen) atoms. The molecule has 0 radical (unpaired) electrons. The maximum atomic E-state index is 12.1. The molecule has 1 aliphatic rings. The third kappa shape index (κ3) is 3.68. The lowest BCUT2D eigenvalue weighted by atomic mass is 10.0. The Kier molecular flexibility index (Phi) is 4.76. The third-order valence-electron chi connectivity index (χ3n) is 3.44. The number of anilines is 1. The number of rotatable bonds is 4. The van der Waals surface area contributed by atoms with Gasteiger partial charge in [-0.2, -0.15) is 0 Å². The van der Waals surface area contributed by atoms with Crippen molar-refractivity contribution in [3.63, 3.8) is 0 Å². The first-order valence-corrected chi connectivity index (χ1v) is 6.64. The zero-order chi connectivity index (χ0) is 13.7. The molecule has 1 atom stereocenters. The second kappa shape index (κ2) is 6.54. The number of nitrogen functional groups attached to an aromatic ring is 1. The Hall–Kier alpha value is -1.59. The Morgan fingerprint density at radius 1 is 1.53 bits per heavy atom. The van der Waals surface area contributed by atoms with Gasteiger partial charge in [0.25, 0.3) is 5.91 Å². The van der Waals surface area contributed by atoms with E-state index < -0.39 is 0 Å². The van der Waals surface area contributed by atoms with Crippen molar-refractivity contribution in [3.8, 4) is 0 Å². The molecule has 4 N–H and O–H groups in total. The molecule has 104 valence electrons. The molecule has 0 bridgehead atoms. The second-order valence-corrected chi connectivity index (χ2v) is 4.97. The van der Waals surface area contributed by atoms with E-state index in [4.69, 9.17) is 10.6 Å². The molecule has 5 nitrogen and oxygen atoms in total. The van der Waals surface area contributed by atoms with Gasteiger partial charge in [0, 0.05) is 24.4 Å². The summed E-state index contributed by atoms with van der Waals surface area (Å²) in [6.45, 7) is 4.17. The van der Waals surface area contributed by atoms with Gasteiger partial charge in [0.05, 0.1) is 6.61 Å². The number of hydrogen-bond donors (Lipinski definition) is 3. The molecule has 0 aliphatic carbocycles. The summed E-state index contributed by atoms with van der Waals surface area (Å²) in [5.74, 6) is 5.73. The van der Waals surface area contributed by atoms with Gasteiger partial charge in [0.1, 0.15) is 0 Å². The molecule has 1 aliphatic heterocycles. The number of carbonyl (C=O) groups is 1. The minimum Gasteiger partial charge on any atom is -0.381 e. The van der Waals surface area contributed by atoms with Gasteiger partial charge in [-0.1, -0.05) is 0 Å². The van der Waals surface area contributed by atoms with Gasteiger partial charge >= 0.3 is 0 Å². The van der Waals surface area contributed by atoms with E-state index in [1.807, 2.05) is 13.0 Å². The minimum absolute atomic E-state index is 0.0355. The van der Waals surface area contributed by atoms with Crippen LogP contribution in [0.25, 0.3) is 0 Å². The van der Waals surface area contributed by atoms with Crippen molar-refractivity contribution < 1.29 is 9.53 Å². The van der Waals surface area contributed by atoms with E-state index in [1.165, 1.54) is 0 Å². The van der Waals surface area contributed by atoms with Gasteiger partial charge in [-0.3, -0.25) is 10.6 Å². The number of aryl methyl sites for hydroxylation is 1. The van der Waals surface area contributed by atoms with Crippen LogP contribution in [0.1, 0.15) is 28.8 Å². The summed E-state index contributed by atoms with van der Waals surface area (Å²) in [5.41, 5.74) is 4.97. The van der Waals surface area contributed by atoms with E-state index in [0.29, 0.717) is 18.0 Å². The lowest BCUT2D eigenvalue weighted by Crippen LogP contribution is -2.33. The van der Waals surface area contributed by atoms with Gasteiger partial charge in [0.15, 0.2) is 0 Å². The van der Waals surface area contributed by atoms with Crippen LogP contribution in [-0.4, -0.2) is 25.7 Å². The van der Waals surface area contributed by atoms with Crippen molar-refractivity contribution in [2.45, 2.75) is 19.8 Å². The number of nitrogens with two attached hydrogens (primary N) is 1. The minimum atomic E-state index is -0.0355. The fraction of sp³-hybridized carbons (Fsp3) is 0.500. The zero-order valence-corrected chi connectivity index (χ0v) is 11.2. The summed E-state index contributed by atoms with van der Waals surface area (Å²) >= 11 is 0. The summed E-state index contributed by atoms with van der Waals surface area (Å²) in [4.78, 5) is 12.1. The van der Waals surface area contributed by atoms with Gasteiger partial charge < -0.3 is 15.5 Å². The first-order chi connectivity index (χ1) is 9.20. The van der Waals surface area contributed by atoms with E-state index >= 15 is 0 Å². The van der Waals surface area contributed by atoms with E-state index in [-0.39, 0.29) is 5.91 Å². The Balaban J connectivity index is 1.92. The number of benzene rings is 1. The number of ether oxygens (including phenoxy) is 1. The van der Waals surface area contributed by atoms with Gasteiger partial charge in [0.2, 0.25) is 0 Å². The molecular formula is C14H21N3O2. The number of nitrogens with one attached hydrogen (secondary N) is 2. The summed E-state index contributed by atoms with van der Waals surface area (Å²) in [6, 6.07) is 5.45. The van der Waals surface area contributed by atoms with E-state index in [0.717, 1.165) is 37.3 Å². The maximum Gasteiger partial charge on any atom is 0.251 e. The fourth-order valence-corrected chi connectivity index (χ4v) is 2.31. The van der Waals surface area contributed by atoms with Crippen LogP contribution in [-0.2, 0) is 4.74 Å². The lowest BCUT2D eigenvalue weighted by molar-refractivity contribution is 0.0536. The van der Waals surface area contributed by atoms with Crippen molar-refractivity contribution in [2.24, 2.45) is 11.8 Å². The highest BCUT2D eigenvalue weighted by atomic mass is 16.5. The molecule has 0 aromatic heterocycles. The van der Waals surface area contributed by atoms with Crippen molar-refractivity contribution in [1.82, 2.24) is 5.32 Å². The van der Waals surface area contributed by atoms with Crippen LogP contribution < -0.4 is 16.6 Å². The van der Waals surface area contributed by atoms with Crippen LogP contribution in [0, 0.1) is 12.8 Å². The maximum absolute atomic E-state index is 12.1. The van der Waals surface area contributed by atoms with Gasteiger partial charge in [-0.05, 0) is 49.4 Å². The molecular weight excluding hydrogens is 242 g/mol. The number of hydrazine groups is 1. The van der Waals surface area contributed by atoms with Crippen LogP contribution in [0.15, 0.2) is 18.2 Å². The van der Waals surface area contributed by atoms with Crippen molar-refractivity contribution >= 4 is 11.6 Å².